The van der Waals surface area contributed by atoms with Crippen molar-refractivity contribution in [1.82, 2.24) is 0 Å². The molecule has 44 heavy (non-hydrogen) atoms. The van der Waals surface area contributed by atoms with Gasteiger partial charge in [-0.25, -0.2) is 0 Å². The predicted molar refractivity (Wildman–Crippen MR) is 188 cm³/mol. The summed E-state index contributed by atoms with van der Waals surface area (Å²) in [4.78, 5) is 0. The molecule has 0 amide bonds. The van der Waals surface area contributed by atoms with Crippen LogP contribution in [0.1, 0.15) is 102 Å². The van der Waals surface area contributed by atoms with Gasteiger partial charge in [0.15, 0.2) is 5.79 Å². The Labute approximate surface area is 272 Å². The minimum Gasteiger partial charge on any atom is -0.412 e. The molecule has 2 rings (SSSR count). The average Bonchev–Trinajstić information content (AvgIpc) is 3.23. The van der Waals surface area contributed by atoms with E-state index in [2.05, 4.69) is 89.2 Å². The first-order valence-electron chi connectivity index (χ1n) is 17.0. The fourth-order valence-electron chi connectivity index (χ4n) is 8.10. The van der Waals surface area contributed by atoms with Crippen molar-refractivity contribution >= 4 is 16.6 Å². The number of aliphatic hydroxyl groups is 1. The lowest BCUT2D eigenvalue weighted by Gasteiger charge is -2.43. The minimum absolute atomic E-state index is 0.317. The van der Waals surface area contributed by atoms with E-state index in [0.717, 1.165) is 11.1 Å². The number of aliphatic hydroxyl groups excluding tert-OH is 1. The molecule has 0 aromatic heterocycles. The van der Waals surface area contributed by atoms with E-state index in [1.165, 1.54) is 0 Å². The first-order chi connectivity index (χ1) is 20.4. The lowest BCUT2D eigenvalue weighted by atomic mass is 10.0. The molecule has 1 aromatic rings. The summed E-state index contributed by atoms with van der Waals surface area (Å²) in [5.74, 6) is -0.837. The largest absolute Gasteiger partial charge is 0.412 e. The molecule has 0 aliphatic carbocycles. The van der Waals surface area contributed by atoms with E-state index in [4.69, 9.17) is 23.1 Å². The Morgan fingerprint density at radius 2 is 1.25 bits per heavy atom. The van der Waals surface area contributed by atoms with Gasteiger partial charge in [-0.15, -0.1) is 0 Å². The van der Waals surface area contributed by atoms with Crippen LogP contribution in [-0.4, -0.2) is 65.7 Å². The maximum Gasteiger partial charge on any atom is 0.200 e. The van der Waals surface area contributed by atoms with Gasteiger partial charge in [-0.05, 0) is 58.2 Å². The molecule has 8 heteroatoms. The van der Waals surface area contributed by atoms with Crippen LogP contribution >= 0.6 is 0 Å². The zero-order valence-corrected chi connectivity index (χ0v) is 32.5. The van der Waals surface area contributed by atoms with E-state index < -0.39 is 40.7 Å². The van der Waals surface area contributed by atoms with Gasteiger partial charge in [0.05, 0.1) is 26.4 Å². The van der Waals surface area contributed by atoms with Crippen LogP contribution in [0.3, 0.4) is 0 Å². The third kappa shape index (κ3) is 9.37. The molecule has 1 aromatic carbocycles. The van der Waals surface area contributed by atoms with Crippen LogP contribution in [0.2, 0.25) is 33.2 Å². The Kier molecular flexibility index (Phi) is 15.0. The number of rotatable bonds is 18. The first kappa shape index (κ1) is 39.3. The standard InChI is InChI=1S/C36H66O6Si2/c1-25(2)43(26(3)4,27(5)6)39-21-20-32(23-40-44(28(7)8,29(9)10)30(11)12)34(37)35-33(41-36(13,14)42-35)24-38-22-31-18-16-15-17-19-31/h15-20,25-30,33-35,37H,21-24H2,1-14H3/b32-20+/t33-,34-,35+/m0/s1. The van der Waals surface area contributed by atoms with E-state index in [1.54, 1.807) is 0 Å². The molecule has 254 valence electrons. The second kappa shape index (κ2) is 16.8. The lowest BCUT2D eigenvalue weighted by molar-refractivity contribution is -0.156. The Balaban J connectivity index is 2.41. The van der Waals surface area contributed by atoms with Crippen LogP contribution in [0.15, 0.2) is 42.0 Å². The molecule has 1 saturated heterocycles. The number of hydrogen-bond acceptors (Lipinski definition) is 6. The summed E-state index contributed by atoms with van der Waals surface area (Å²) >= 11 is 0. The van der Waals surface area contributed by atoms with Crippen molar-refractivity contribution in [2.45, 2.75) is 161 Å². The topological polar surface area (TPSA) is 66.4 Å². The van der Waals surface area contributed by atoms with Gasteiger partial charge in [-0.1, -0.05) is 119 Å². The lowest BCUT2D eigenvalue weighted by Crippen LogP contribution is -2.49. The molecule has 0 spiro atoms. The monoisotopic (exact) mass is 650 g/mol. The van der Waals surface area contributed by atoms with Crippen molar-refractivity contribution in [3.8, 4) is 0 Å². The Morgan fingerprint density at radius 3 is 1.73 bits per heavy atom. The quantitative estimate of drug-likeness (QED) is 0.126. The number of ether oxygens (including phenoxy) is 3. The van der Waals surface area contributed by atoms with Gasteiger partial charge < -0.3 is 28.2 Å². The maximum atomic E-state index is 12.1. The van der Waals surface area contributed by atoms with Crippen LogP contribution in [0.25, 0.3) is 0 Å². The van der Waals surface area contributed by atoms with Crippen molar-refractivity contribution in [1.29, 1.82) is 0 Å². The highest BCUT2D eigenvalue weighted by atomic mass is 28.4. The zero-order chi connectivity index (χ0) is 33.5. The van der Waals surface area contributed by atoms with Gasteiger partial charge in [-0.3, -0.25) is 0 Å². The Morgan fingerprint density at radius 1 is 0.773 bits per heavy atom. The van der Waals surface area contributed by atoms with Crippen molar-refractivity contribution in [2.75, 3.05) is 19.8 Å². The highest BCUT2D eigenvalue weighted by Gasteiger charge is 2.49. The minimum atomic E-state index is -2.19. The first-order valence-corrected chi connectivity index (χ1v) is 21.3. The molecular weight excluding hydrogens is 585 g/mol. The summed E-state index contributed by atoms with van der Waals surface area (Å²) in [5, 5.41) is 12.1. The molecule has 1 N–H and O–H groups in total. The normalized spacial score (nSPS) is 20.7. The van der Waals surface area contributed by atoms with E-state index in [0.29, 0.717) is 59.7 Å². The maximum absolute atomic E-state index is 12.1. The molecule has 1 fully saturated rings. The molecule has 0 unspecified atom stereocenters. The molecule has 0 radical (unpaired) electrons. The van der Waals surface area contributed by atoms with Crippen molar-refractivity contribution in [3.63, 3.8) is 0 Å². The average molecular weight is 651 g/mol. The number of hydrogen-bond donors (Lipinski definition) is 1. The summed E-state index contributed by atoms with van der Waals surface area (Å²) < 4.78 is 32.7. The molecule has 1 heterocycles. The molecule has 0 saturated carbocycles. The highest BCUT2D eigenvalue weighted by molar-refractivity contribution is 6.78. The molecule has 3 atom stereocenters. The van der Waals surface area contributed by atoms with Crippen LogP contribution in [0, 0.1) is 0 Å². The second-order valence-corrected chi connectivity index (χ2v) is 26.0. The molecule has 0 bridgehead atoms. The third-order valence-electron chi connectivity index (χ3n) is 9.89. The highest BCUT2D eigenvalue weighted by Crippen LogP contribution is 2.44. The second-order valence-electron chi connectivity index (χ2n) is 15.1. The van der Waals surface area contributed by atoms with Crippen LogP contribution in [0.5, 0.6) is 0 Å². The third-order valence-corrected chi connectivity index (χ3v) is 22.0. The Hall–Kier alpha value is -0.846. The van der Waals surface area contributed by atoms with Gasteiger partial charge in [0, 0.05) is 0 Å². The summed E-state index contributed by atoms with van der Waals surface area (Å²) in [6.07, 6.45) is 0.144. The summed E-state index contributed by atoms with van der Waals surface area (Å²) in [7, 11) is -4.28. The predicted octanol–water partition coefficient (Wildman–Crippen LogP) is 9.39. The summed E-state index contributed by atoms with van der Waals surface area (Å²) in [6.45, 7) is 32.9. The molecule has 1 aliphatic heterocycles. The smallest absolute Gasteiger partial charge is 0.200 e. The SMILES string of the molecule is CC(C)[Si](OC/C=C(\CO[Si](C(C)C)(C(C)C)C(C)C)[C@H](O)[C@@H]1OC(C)(C)O[C@H]1COCc1ccccc1)(C(C)C)C(C)C. The van der Waals surface area contributed by atoms with Crippen LogP contribution < -0.4 is 0 Å². The number of benzene rings is 1. The van der Waals surface area contributed by atoms with Crippen LogP contribution in [0.4, 0.5) is 0 Å². The zero-order valence-electron chi connectivity index (χ0n) is 30.5. The fraction of sp³-hybridized carbons (Fsp3) is 0.778. The summed E-state index contributed by atoms with van der Waals surface area (Å²) in [6, 6.07) is 10.1. The van der Waals surface area contributed by atoms with Crippen molar-refractivity contribution in [3.05, 3.63) is 47.5 Å². The Bertz CT molecular complexity index is 962. The van der Waals surface area contributed by atoms with E-state index in [-0.39, 0.29) is 0 Å². The van der Waals surface area contributed by atoms with Crippen molar-refractivity contribution in [2.24, 2.45) is 0 Å². The van der Waals surface area contributed by atoms with Gasteiger partial charge >= 0.3 is 0 Å². The van der Waals surface area contributed by atoms with Gasteiger partial charge in [0.25, 0.3) is 0 Å². The van der Waals surface area contributed by atoms with E-state index in [9.17, 15) is 5.11 Å². The molecule has 1 aliphatic rings. The van der Waals surface area contributed by atoms with Gasteiger partial charge in [-0.2, -0.15) is 0 Å². The van der Waals surface area contributed by atoms with Crippen molar-refractivity contribution < 1.29 is 28.2 Å². The molecule has 6 nitrogen and oxygen atoms in total. The van der Waals surface area contributed by atoms with Gasteiger partial charge in [0.1, 0.15) is 18.3 Å². The summed E-state index contributed by atoms with van der Waals surface area (Å²) in [5.41, 5.74) is 4.63. The van der Waals surface area contributed by atoms with Gasteiger partial charge in [0.2, 0.25) is 16.6 Å². The van der Waals surface area contributed by atoms with E-state index >= 15 is 0 Å². The fourth-order valence-corrected chi connectivity index (χ4v) is 18.9. The molecular formula is C36H66O6Si2. The van der Waals surface area contributed by atoms with Crippen LogP contribution in [-0.2, 0) is 29.7 Å². The van der Waals surface area contributed by atoms with E-state index in [1.807, 2.05) is 44.2 Å².